The highest BCUT2D eigenvalue weighted by atomic mass is 35.5. The van der Waals surface area contributed by atoms with Gasteiger partial charge in [-0.05, 0) is 54.9 Å². The predicted molar refractivity (Wildman–Crippen MR) is 107 cm³/mol. The second kappa shape index (κ2) is 8.48. The van der Waals surface area contributed by atoms with Gasteiger partial charge in [0, 0.05) is 12.6 Å². The van der Waals surface area contributed by atoms with E-state index in [1.54, 1.807) is 6.07 Å². The maximum absolute atomic E-state index is 13.2. The SMILES string of the molecule is CC(=O)Nc1ccc(S(=O)(=O)N(c2c(Cl)cccc2Cl)C(C)C(=O)Cl)cc1. The first-order chi connectivity index (χ1) is 12.6. The van der Waals surface area contributed by atoms with E-state index in [9.17, 15) is 18.0 Å². The third-order valence-electron chi connectivity index (χ3n) is 3.57. The molecule has 0 spiro atoms. The first-order valence-corrected chi connectivity index (χ1v) is 10.2. The van der Waals surface area contributed by atoms with Crippen molar-refractivity contribution < 1.29 is 18.0 Å². The van der Waals surface area contributed by atoms with Crippen molar-refractivity contribution in [2.45, 2.75) is 24.8 Å². The van der Waals surface area contributed by atoms with Crippen molar-refractivity contribution in [2.75, 3.05) is 9.62 Å². The molecule has 0 fully saturated rings. The third kappa shape index (κ3) is 4.73. The molecule has 2 aromatic rings. The molecule has 1 atom stereocenters. The number of halogens is 3. The van der Waals surface area contributed by atoms with E-state index in [1.807, 2.05) is 0 Å². The maximum Gasteiger partial charge on any atom is 0.265 e. The number of benzene rings is 2. The lowest BCUT2D eigenvalue weighted by Gasteiger charge is -2.29. The Hall–Kier alpha value is -1.80. The molecule has 0 aromatic heterocycles. The van der Waals surface area contributed by atoms with Crippen LogP contribution in [0.5, 0.6) is 0 Å². The van der Waals surface area contributed by atoms with E-state index in [-0.39, 0.29) is 26.5 Å². The highest BCUT2D eigenvalue weighted by molar-refractivity contribution is 7.93. The van der Waals surface area contributed by atoms with Crippen molar-refractivity contribution in [1.29, 1.82) is 0 Å². The lowest BCUT2D eigenvalue weighted by molar-refractivity contribution is -0.114. The van der Waals surface area contributed by atoms with Gasteiger partial charge in [0.15, 0.2) is 0 Å². The molecule has 2 aromatic carbocycles. The fourth-order valence-corrected chi connectivity index (χ4v) is 4.83. The van der Waals surface area contributed by atoms with Crippen molar-refractivity contribution in [3.05, 3.63) is 52.5 Å². The Kier molecular flexibility index (Phi) is 6.75. The minimum absolute atomic E-state index is 0.0470. The Morgan fingerprint density at radius 3 is 2.00 bits per heavy atom. The molecule has 0 aliphatic heterocycles. The van der Waals surface area contributed by atoms with Gasteiger partial charge >= 0.3 is 0 Å². The van der Waals surface area contributed by atoms with Gasteiger partial charge in [-0.2, -0.15) is 0 Å². The molecule has 6 nitrogen and oxygen atoms in total. The monoisotopic (exact) mass is 448 g/mol. The van der Waals surface area contributed by atoms with Gasteiger partial charge in [-0.25, -0.2) is 8.42 Å². The van der Waals surface area contributed by atoms with Crippen LogP contribution in [0.1, 0.15) is 13.8 Å². The maximum atomic E-state index is 13.2. The Morgan fingerprint density at radius 2 is 1.56 bits per heavy atom. The number of nitrogens with zero attached hydrogens (tertiary/aromatic N) is 1. The molecule has 1 unspecified atom stereocenters. The van der Waals surface area contributed by atoms with Crippen molar-refractivity contribution >= 4 is 67.4 Å². The molecule has 0 bridgehead atoms. The average Bonchev–Trinajstić information content (AvgIpc) is 2.57. The topological polar surface area (TPSA) is 83.6 Å². The summed E-state index contributed by atoms with van der Waals surface area (Å²) in [7, 11) is -4.24. The number of carbonyl (C=O) groups excluding carboxylic acids is 2. The molecule has 0 radical (unpaired) electrons. The Labute approximate surface area is 172 Å². The van der Waals surface area contributed by atoms with Crippen LogP contribution >= 0.6 is 34.8 Å². The smallest absolute Gasteiger partial charge is 0.265 e. The number of nitrogens with one attached hydrogen (secondary N) is 1. The van der Waals surface area contributed by atoms with Crippen LogP contribution in [0.2, 0.25) is 10.0 Å². The zero-order chi connectivity index (χ0) is 20.4. The van der Waals surface area contributed by atoms with Gasteiger partial charge in [-0.15, -0.1) is 0 Å². The van der Waals surface area contributed by atoms with Crippen LogP contribution in [0.3, 0.4) is 0 Å². The van der Waals surface area contributed by atoms with E-state index in [0.29, 0.717) is 5.69 Å². The molecule has 1 N–H and O–H groups in total. The summed E-state index contributed by atoms with van der Waals surface area (Å²) in [6.45, 7) is 2.66. The second-order valence-electron chi connectivity index (χ2n) is 5.56. The number of hydrogen-bond acceptors (Lipinski definition) is 4. The van der Waals surface area contributed by atoms with Crippen LogP contribution in [0.15, 0.2) is 47.4 Å². The first-order valence-electron chi connectivity index (χ1n) is 7.61. The normalized spacial score (nSPS) is 12.3. The Morgan fingerprint density at radius 1 is 1.04 bits per heavy atom. The molecule has 1 amide bonds. The zero-order valence-corrected chi connectivity index (χ0v) is 17.3. The van der Waals surface area contributed by atoms with Gasteiger partial charge in [-0.1, -0.05) is 29.3 Å². The molecule has 0 saturated heterocycles. The molecule has 144 valence electrons. The lowest BCUT2D eigenvalue weighted by Crippen LogP contribution is -2.42. The largest absolute Gasteiger partial charge is 0.326 e. The van der Waals surface area contributed by atoms with Crippen molar-refractivity contribution in [3.63, 3.8) is 0 Å². The number of amides is 1. The van der Waals surface area contributed by atoms with Gasteiger partial charge in [-0.3, -0.25) is 13.9 Å². The average molecular weight is 450 g/mol. The molecule has 0 heterocycles. The van der Waals surface area contributed by atoms with Crippen LogP contribution in [0.25, 0.3) is 0 Å². The van der Waals surface area contributed by atoms with E-state index in [4.69, 9.17) is 34.8 Å². The minimum atomic E-state index is -4.24. The highest BCUT2D eigenvalue weighted by Gasteiger charge is 2.35. The number of anilines is 2. The van der Waals surface area contributed by atoms with Crippen LogP contribution in [-0.2, 0) is 19.6 Å². The minimum Gasteiger partial charge on any atom is -0.326 e. The summed E-state index contributed by atoms with van der Waals surface area (Å²) in [6, 6.07) is 8.64. The fourth-order valence-electron chi connectivity index (χ4n) is 2.34. The summed E-state index contributed by atoms with van der Waals surface area (Å²) in [5, 5.41) is 1.73. The summed E-state index contributed by atoms with van der Waals surface area (Å²) in [5.41, 5.74) is 0.374. The van der Waals surface area contributed by atoms with E-state index >= 15 is 0 Å². The van der Waals surface area contributed by atoms with E-state index in [2.05, 4.69) is 5.32 Å². The van der Waals surface area contributed by atoms with Crippen molar-refractivity contribution in [1.82, 2.24) is 0 Å². The number of rotatable bonds is 6. The Bertz CT molecular complexity index is 958. The molecule has 2 rings (SSSR count). The van der Waals surface area contributed by atoms with Crippen LogP contribution in [0.4, 0.5) is 11.4 Å². The third-order valence-corrected chi connectivity index (χ3v) is 6.38. The van der Waals surface area contributed by atoms with Gasteiger partial charge < -0.3 is 5.32 Å². The molecular weight excluding hydrogens is 435 g/mol. The lowest BCUT2D eigenvalue weighted by atomic mass is 10.3. The van der Waals surface area contributed by atoms with Crippen LogP contribution in [0, 0.1) is 0 Å². The summed E-state index contributed by atoms with van der Waals surface area (Å²) in [6.07, 6.45) is 0. The quantitative estimate of drug-likeness (QED) is 0.666. The van der Waals surface area contributed by atoms with Crippen molar-refractivity contribution in [2.24, 2.45) is 0 Å². The molecule has 27 heavy (non-hydrogen) atoms. The molecule has 0 aliphatic rings. The van der Waals surface area contributed by atoms with Crippen molar-refractivity contribution in [3.8, 4) is 0 Å². The highest BCUT2D eigenvalue weighted by Crippen LogP contribution is 2.38. The molecule has 0 saturated carbocycles. The van der Waals surface area contributed by atoms with Gasteiger partial charge in [0.1, 0.15) is 6.04 Å². The van der Waals surface area contributed by atoms with E-state index in [1.165, 1.54) is 50.2 Å². The molecular formula is C17H15Cl3N2O4S. The fraction of sp³-hybridized carbons (Fsp3) is 0.176. The zero-order valence-electron chi connectivity index (χ0n) is 14.2. The molecule has 10 heteroatoms. The van der Waals surface area contributed by atoms with Crippen LogP contribution < -0.4 is 9.62 Å². The number of hydrogen-bond donors (Lipinski definition) is 1. The standard InChI is InChI=1S/C17H15Cl3N2O4S/c1-10(17(20)24)22(16-14(18)4-3-5-15(16)19)27(25,26)13-8-6-12(7-9-13)21-11(2)23/h3-10H,1-2H3,(H,21,23). The summed E-state index contributed by atoms with van der Waals surface area (Å²) in [4.78, 5) is 22.7. The first kappa shape index (κ1) is 21.5. The van der Waals surface area contributed by atoms with E-state index < -0.39 is 21.3 Å². The summed E-state index contributed by atoms with van der Waals surface area (Å²) < 4.78 is 27.2. The predicted octanol–water partition coefficient (Wildman–Crippen LogP) is 4.30. The number of para-hydroxylation sites is 1. The summed E-state index contributed by atoms with van der Waals surface area (Å²) >= 11 is 17.9. The Balaban J connectivity index is 2.61. The van der Waals surface area contributed by atoms with Crippen LogP contribution in [-0.4, -0.2) is 25.6 Å². The number of sulfonamides is 1. The molecule has 0 aliphatic carbocycles. The number of carbonyl (C=O) groups is 2. The second-order valence-corrected chi connectivity index (χ2v) is 8.56. The van der Waals surface area contributed by atoms with Gasteiger partial charge in [0.25, 0.3) is 10.0 Å². The van der Waals surface area contributed by atoms with E-state index in [0.717, 1.165) is 4.31 Å². The van der Waals surface area contributed by atoms with Gasteiger partial charge in [0.05, 0.1) is 20.6 Å². The summed E-state index contributed by atoms with van der Waals surface area (Å²) in [5.74, 6) is -0.295. The van der Waals surface area contributed by atoms with Gasteiger partial charge in [0.2, 0.25) is 11.1 Å².